The summed E-state index contributed by atoms with van der Waals surface area (Å²) in [5.74, 6) is -0.252. The summed E-state index contributed by atoms with van der Waals surface area (Å²) in [6, 6.07) is 19.2. The van der Waals surface area contributed by atoms with Gasteiger partial charge < -0.3 is 20.1 Å². The van der Waals surface area contributed by atoms with Gasteiger partial charge in [-0.3, -0.25) is 9.78 Å². The van der Waals surface area contributed by atoms with E-state index < -0.39 is 0 Å². The lowest BCUT2D eigenvalue weighted by Gasteiger charge is -2.28. The summed E-state index contributed by atoms with van der Waals surface area (Å²) in [4.78, 5) is 19.1. The SMILES string of the molecule is Cc1c(Cl)cccc1-n1c(C)cc([C@H]2[C@H](c3ccccn3)NC(=S)N2c2ccc(NC(=O)C(C)C)c(Cl)c2)c1C. The van der Waals surface area contributed by atoms with Crippen LogP contribution >= 0.6 is 35.4 Å². The van der Waals surface area contributed by atoms with Gasteiger partial charge in [0.05, 0.1) is 28.5 Å². The van der Waals surface area contributed by atoms with Crippen LogP contribution in [0.1, 0.15) is 54.1 Å². The Kier molecular flexibility index (Phi) is 7.91. The Hall–Kier alpha value is -3.39. The van der Waals surface area contributed by atoms with Gasteiger partial charge in [-0.25, -0.2) is 0 Å². The lowest BCUT2D eigenvalue weighted by Crippen LogP contribution is -2.29. The highest BCUT2D eigenvalue weighted by atomic mass is 35.5. The van der Waals surface area contributed by atoms with Crippen LogP contribution in [0.3, 0.4) is 0 Å². The lowest BCUT2D eigenvalue weighted by atomic mass is 9.96. The van der Waals surface area contributed by atoms with Crippen molar-refractivity contribution in [3.05, 3.63) is 105 Å². The highest BCUT2D eigenvalue weighted by Gasteiger charge is 2.42. The molecule has 0 aliphatic carbocycles. The molecule has 206 valence electrons. The smallest absolute Gasteiger partial charge is 0.226 e. The topological polar surface area (TPSA) is 62.2 Å². The van der Waals surface area contributed by atoms with Gasteiger partial charge >= 0.3 is 0 Å². The van der Waals surface area contributed by atoms with E-state index in [0.717, 1.165) is 44.6 Å². The number of hydrogen-bond acceptors (Lipinski definition) is 3. The summed E-state index contributed by atoms with van der Waals surface area (Å²) in [7, 11) is 0. The summed E-state index contributed by atoms with van der Waals surface area (Å²) in [5.41, 5.74) is 7.59. The van der Waals surface area contributed by atoms with Crippen molar-refractivity contribution in [2.45, 2.75) is 46.7 Å². The molecular formula is C31H31Cl2N5OS. The third-order valence-corrected chi connectivity index (χ3v) is 8.42. The Morgan fingerprint density at radius 2 is 1.80 bits per heavy atom. The van der Waals surface area contributed by atoms with Crippen molar-refractivity contribution in [1.82, 2.24) is 14.9 Å². The Bertz CT molecular complexity index is 1600. The van der Waals surface area contributed by atoms with Crippen molar-refractivity contribution in [2.75, 3.05) is 10.2 Å². The number of benzene rings is 2. The first-order valence-corrected chi connectivity index (χ1v) is 14.3. The van der Waals surface area contributed by atoms with E-state index in [4.69, 9.17) is 35.4 Å². The van der Waals surface area contributed by atoms with Crippen LogP contribution < -0.4 is 15.5 Å². The molecule has 0 radical (unpaired) electrons. The average molecular weight is 593 g/mol. The molecule has 1 amide bonds. The fourth-order valence-electron chi connectivity index (χ4n) is 5.28. The second kappa shape index (κ2) is 11.2. The van der Waals surface area contributed by atoms with Gasteiger partial charge in [0.25, 0.3) is 0 Å². The molecule has 1 aliphatic heterocycles. The molecule has 1 fully saturated rings. The molecular weight excluding hydrogens is 561 g/mol. The highest BCUT2D eigenvalue weighted by molar-refractivity contribution is 7.80. The number of anilines is 2. The first-order chi connectivity index (χ1) is 19.1. The molecule has 4 aromatic rings. The first-order valence-electron chi connectivity index (χ1n) is 13.1. The zero-order valence-corrected chi connectivity index (χ0v) is 25.3. The van der Waals surface area contributed by atoms with Crippen LogP contribution in [0.4, 0.5) is 11.4 Å². The van der Waals surface area contributed by atoms with Crippen molar-refractivity contribution in [2.24, 2.45) is 5.92 Å². The maximum absolute atomic E-state index is 12.3. The quantitative estimate of drug-likeness (QED) is 0.223. The lowest BCUT2D eigenvalue weighted by molar-refractivity contribution is -0.118. The van der Waals surface area contributed by atoms with E-state index in [1.165, 1.54) is 0 Å². The number of carbonyl (C=O) groups is 1. The zero-order chi connectivity index (χ0) is 28.7. The third-order valence-electron chi connectivity index (χ3n) is 7.38. The highest BCUT2D eigenvalue weighted by Crippen LogP contribution is 2.45. The molecule has 2 N–H and O–H groups in total. The van der Waals surface area contributed by atoms with Crippen LogP contribution in [0, 0.1) is 26.7 Å². The van der Waals surface area contributed by atoms with Gasteiger partial charge in [-0.1, -0.05) is 49.2 Å². The molecule has 40 heavy (non-hydrogen) atoms. The third kappa shape index (κ3) is 5.09. The number of thiocarbonyl (C=S) groups is 1. The van der Waals surface area contributed by atoms with Crippen LogP contribution in [0.5, 0.6) is 0 Å². The largest absolute Gasteiger partial charge is 0.351 e. The molecule has 1 saturated heterocycles. The van der Waals surface area contributed by atoms with Gasteiger partial charge in [-0.05, 0) is 92.6 Å². The minimum absolute atomic E-state index is 0.0927. The van der Waals surface area contributed by atoms with E-state index in [1.54, 1.807) is 6.20 Å². The van der Waals surface area contributed by atoms with Crippen molar-refractivity contribution in [1.29, 1.82) is 0 Å². The second-order valence-electron chi connectivity index (χ2n) is 10.4. The molecule has 1 aliphatic rings. The van der Waals surface area contributed by atoms with Crippen LogP contribution in [0.2, 0.25) is 10.0 Å². The van der Waals surface area contributed by atoms with Gasteiger partial charge in [-0.15, -0.1) is 0 Å². The fraction of sp³-hybridized carbons (Fsp3) is 0.258. The molecule has 0 unspecified atom stereocenters. The number of amides is 1. The first kappa shape index (κ1) is 28.1. The van der Waals surface area contributed by atoms with E-state index in [-0.39, 0.29) is 23.9 Å². The zero-order valence-electron chi connectivity index (χ0n) is 23.0. The summed E-state index contributed by atoms with van der Waals surface area (Å²) >= 11 is 19.1. The van der Waals surface area contributed by atoms with Crippen LogP contribution in [0.25, 0.3) is 5.69 Å². The Balaban J connectivity index is 1.64. The van der Waals surface area contributed by atoms with Gasteiger partial charge in [0.15, 0.2) is 5.11 Å². The van der Waals surface area contributed by atoms with E-state index in [1.807, 2.05) is 69.3 Å². The van der Waals surface area contributed by atoms with Crippen LogP contribution in [-0.4, -0.2) is 20.6 Å². The molecule has 0 saturated carbocycles. The van der Waals surface area contributed by atoms with Crippen molar-refractivity contribution in [3.63, 3.8) is 0 Å². The fourth-order valence-corrected chi connectivity index (χ4v) is 6.01. The molecule has 2 atom stereocenters. The number of nitrogens with one attached hydrogen (secondary N) is 2. The summed E-state index contributed by atoms with van der Waals surface area (Å²) in [6.07, 6.45) is 1.79. The predicted octanol–water partition coefficient (Wildman–Crippen LogP) is 7.88. The second-order valence-corrected chi connectivity index (χ2v) is 11.6. The molecule has 2 aromatic carbocycles. The standard InChI is InChI=1S/C31H31Cl2N5OS/c1-17(2)30(39)35-25-13-12-21(16-24(25)33)38-29(28(36-31(38)40)26-10-6-7-14-34-26)22-15-18(3)37(20(22)5)27-11-8-9-23(32)19(27)4/h6-17,28-29H,1-5H3,(H,35,39)(H,36,40)/t28-,29-/m0/s1. The van der Waals surface area contributed by atoms with Crippen molar-refractivity contribution >= 4 is 57.8 Å². The maximum atomic E-state index is 12.3. The number of rotatable bonds is 6. The number of carbonyl (C=O) groups excluding carboxylic acids is 1. The van der Waals surface area contributed by atoms with Crippen LogP contribution in [-0.2, 0) is 4.79 Å². The van der Waals surface area contributed by atoms with Crippen molar-refractivity contribution in [3.8, 4) is 5.69 Å². The van der Waals surface area contributed by atoms with E-state index in [9.17, 15) is 4.79 Å². The number of pyridine rings is 1. The Morgan fingerprint density at radius 1 is 1.02 bits per heavy atom. The number of hydrogen-bond donors (Lipinski definition) is 2. The van der Waals surface area contributed by atoms with E-state index in [2.05, 4.69) is 51.1 Å². The molecule has 3 heterocycles. The molecule has 9 heteroatoms. The molecule has 5 rings (SSSR count). The van der Waals surface area contributed by atoms with Gasteiger partial charge in [0, 0.05) is 39.9 Å². The normalized spacial score (nSPS) is 16.9. The Labute approximate surface area is 250 Å². The van der Waals surface area contributed by atoms with Crippen LogP contribution in [0.15, 0.2) is 66.9 Å². The van der Waals surface area contributed by atoms with Gasteiger partial charge in [-0.2, -0.15) is 0 Å². The number of nitrogens with zero attached hydrogens (tertiary/aromatic N) is 3. The van der Waals surface area contributed by atoms with E-state index >= 15 is 0 Å². The minimum atomic E-state index is -0.214. The summed E-state index contributed by atoms with van der Waals surface area (Å²) in [6.45, 7) is 9.94. The average Bonchev–Trinajstić information content (AvgIpc) is 3.42. The summed E-state index contributed by atoms with van der Waals surface area (Å²) in [5, 5.41) is 8.15. The minimum Gasteiger partial charge on any atom is -0.351 e. The van der Waals surface area contributed by atoms with Gasteiger partial charge in [0.2, 0.25) is 5.91 Å². The Morgan fingerprint density at radius 3 is 2.48 bits per heavy atom. The number of halogens is 2. The molecule has 6 nitrogen and oxygen atoms in total. The monoisotopic (exact) mass is 591 g/mol. The van der Waals surface area contributed by atoms with Gasteiger partial charge in [0.1, 0.15) is 0 Å². The maximum Gasteiger partial charge on any atom is 0.226 e. The molecule has 2 aromatic heterocycles. The number of aryl methyl sites for hydroxylation is 1. The number of aromatic nitrogens is 2. The van der Waals surface area contributed by atoms with Crippen molar-refractivity contribution < 1.29 is 4.79 Å². The molecule has 0 bridgehead atoms. The van der Waals surface area contributed by atoms with E-state index in [0.29, 0.717) is 15.8 Å². The molecule has 0 spiro atoms. The predicted molar refractivity (Wildman–Crippen MR) is 168 cm³/mol. The summed E-state index contributed by atoms with van der Waals surface area (Å²) < 4.78 is 2.24.